The molecule has 0 saturated carbocycles. The van der Waals surface area contributed by atoms with E-state index in [1.807, 2.05) is 0 Å². The molecule has 2 rings (SSSR count). The number of nitrogen functional groups attached to an aromatic ring is 1. The van der Waals surface area contributed by atoms with E-state index in [4.69, 9.17) is 10.8 Å². The molecule has 0 bridgehead atoms. The van der Waals surface area contributed by atoms with Crippen LogP contribution in [0.4, 0.5) is 11.5 Å². The predicted octanol–water partition coefficient (Wildman–Crippen LogP) is 0.871. The van der Waals surface area contributed by atoms with Gasteiger partial charge in [-0.1, -0.05) is 12.1 Å². The first-order valence-corrected chi connectivity index (χ1v) is 5.47. The molecule has 0 aliphatic rings. The van der Waals surface area contributed by atoms with Gasteiger partial charge in [-0.2, -0.15) is 5.10 Å². The zero-order valence-corrected chi connectivity index (χ0v) is 9.88. The molecule has 0 saturated heterocycles. The molecule has 0 atom stereocenters. The monoisotopic (exact) mass is 260 g/mol. The van der Waals surface area contributed by atoms with Crippen LogP contribution >= 0.6 is 0 Å². The molecule has 1 heterocycles. The summed E-state index contributed by atoms with van der Waals surface area (Å²) in [5, 5.41) is 17.3. The van der Waals surface area contributed by atoms with Crippen LogP contribution < -0.4 is 11.1 Å². The van der Waals surface area contributed by atoms with Crippen molar-refractivity contribution < 1.29 is 14.7 Å². The quantitative estimate of drug-likeness (QED) is 0.608. The number of aromatic nitrogens is 2. The number of rotatable bonds is 4. The number of H-pyrrole nitrogens is 1. The maximum absolute atomic E-state index is 11.8. The normalized spacial score (nSPS) is 10.1. The van der Waals surface area contributed by atoms with E-state index in [0.29, 0.717) is 5.69 Å². The van der Waals surface area contributed by atoms with Crippen molar-refractivity contribution in [1.29, 1.82) is 0 Å². The van der Waals surface area contributed by atoms with Crippen molar-refractivity contribution >= 4 is 23.4 Å². The van der Waals surface area contributed by atoms with Crippen LogP contribution in [0.15, 0.2) is 30.5 Å². The Morgan fingerprint density at radius 3 is 2.63 bits per heavy atom. The summed E-state index contributed by atoms with van der Waals surface area (Å²) >= 11 is 0. The van der Waals surface area contributed by atoms with E-state index < -0.39 is 5.97 Å². The van der Waals surface area contributed by atoms with Gasteiger partial charge in [0.05, 0.1) is 12.6 Å². The Kier molecular flexibility index (Phi) is 3.46. The van der Waals surface area contributed by atoms with E-state index in [1.165, 1.54) is 0 Å². The van der Waals surface area contributed by atoms with Gasteiger partial charge in [0.1, 0.15) is 11.4 Å². The van der Waals surface area contributed by atoms with Crippen LogP contribution in [0.5, 0.6) is 0 Å². The summed E-state index contributed by atoms with van der Waals surface area (Å²) in [6, 6.07) is 6.86. The molecule has 0 unspecified atom stereocenters. The third-order valence-corrected chi connectivity index (χ3v) is 2.48. The molecule has 19 heavy (non-hydrogen) atoms. The lowest BCUT2D eigenvalue weighted by Crippen LogP contribution is -2.16. The molecule has 0 aliphatic carbocycles. The summed E-state index contributed by atoms with van der Waals surface area (Å²) < 4.78 is 0. The van der Waals surface area contributed by atoms with Crippen molar-refractivity contribution in [3.05, 3.63) is 41.6 Å². The van der Waals surface area contributed by atoms with Gasteiger partial charge in [0.15, 0.2) is 0 Å². The highest BCUT2D eigenvalue weighted by molar-refractivity contribution is 5.99. The van der Waals surface area contributed by atoms with E-state index >= 15 is 0 Å². The third kappa shape index (κ3) is 3.09. The van der Waals surface area contributed by atoms with Gasteiger partial charge in [0, 0.05) is 5.69 Å². The van der Waals surface area contributed by atoms with Gasteiger partial charge in [-0.3, -0.25) is 9.89 Å². The highest BCUT2D eigenvalue weighted by Gasteiger charge is 2.14. The number of anilines is 2. The smallest absolute Gasteiger partial charge is 0.341 e. The summed E-state index contributed by atoms with van der Waals surface area (Å²) in [6.45, 7) is 0. The maximum Gasteiger partial charge on any atom is 0.341 e. The van der Waals surface area contributed by atoms with Crippen LogP contribution in [-0.4, -0.2) is 27.2 Å². The Hall–Kier alpha value is -2.83. The van der Waals surface area contributed by atoms with Gasteiger partial charge >= 0.3 is 5.97 Å². The topological polar surface area (TPSA) is 121 Å². The molecule has 98 valence electrons. The SMILES string of the molecule is Nc1ccc(CC(=O)Nc2[nH]ncc2C(=O)O)cc1. The first-order chi connectivity index (χ1) is 9.06. The van der Waals surface area contributed by atoms with Crippen molar-refractivity contribution in [3.8, 4) is 0 Å². The molecule has 2 aromatic rings. The molecule has 7 heteroatoms. The number of hydrogen-bond donors (Lipinski definition) is 4. The van der Waals surface area contributed by atoms with E-state index in [1.54, 1.807) is 24.3 Å². The summed E-state index contributed by atoms with van der Waals surface area (Å²) in [6.07, 6.45) is 1.26. The number of benzene rings is 1. The largest absolute Gasteiger partial charge is 0.477 e. The number of nitrogens with two attached hydrogens (primary N) is 1. The summed E-state index contributed by atoms with van der Waals surface area (Å²) in [5.41, 5.74) is 6.86. The van der Waals surface area contributed by atoms with Crippen LogP contribution in [0, 0.1) is 0 Å². The number of amides is 1. The number of carbonyl (C=O) groups is 2. The van der Waals surface area contributed by atoms with Crippen LogP contribution in [0.1, 0.15) is 15.9 Å². The minimum Gasteiger partial charge on any atom is -0.477 e. The average molecular weight is 260 g/mol. The molecule has 0 spiro atoms. The highest BCUT2D eigenvalue weighted by Crippen LogP contribution is 2.12. The van der Waals surface area contributed by atoms with Crippen LogP contribution in [0.25, 0.3) is 0 Å². The van der Waals surface area contributed by atoms with E-state index in [2.05, 4.69) is 15.5 Å². The van der Waals surface area contributed by atoms with Crippen LogP contribution in [-0.2, 0) is 11.2 Å². The van der Waals surface area contributed by atoms with E-state index in [9.17, 15) is 9.59 Å². The zero-order chi connectivity index (χ0) is 13.8. The number of nitrogens with zero attached hydrogens (tertiary/aromatic N) is 1. The molecule has 1 amide bonds. The maximum atomic E-state index is 11.8. The second kappa shape index (κ2) is 5.21. The molecular formula is C12H12N4O3. The number of aromatic carboxylic acids is 1. The van der Waals surface area contributed by atoms with Crippen LogP contribution in [0.3, 0.4) is 0 Å². The number of carbonyl (C=O) groups excluding carboxylic acids is 1. The molecule has 7 nitrogen and oxygen atoms in total. The third-order valence-electron chi connectivity index (χ3n) is 2.48. The van der Waals surface area contributed by atoms with Crippen molar-refractivity contribution in [3.63, 3.8) is 0 Å². The number of carboxylic acid groups (broad SMARTS) is 1. The van der Waals surface area contributed by atoms with Gasteiger partial charge in [0.25, 0.3) is 0 Å². The summed E-state index contributed by atoms with van der Waals surface area (Å²) in [7, 11) is 0. The van der Waals surface area contributed by atoms with Crippen molar-refractivity contribution in [2.24, 2.45) is 0 Å². The standard InChI is InChI=1S/C12H12N4O3/c13-8-3-1-7(2-4-8)5-10(17)15-11-9(12(18)19)6-14-16-11/h1-4,6H,5,13H2,(H,18,19)(H2,14,15,16,17). The Bertz CT molecular complexity index is 604. The lowest BCUT2D eigenvalue weighted by molar-refractivity contribution is -0.115. The van der Waals surface area contributed by atoms with Gasteiger partial charge in [0.2, 0.25) is 5.91 Å². The highest BCUT2D eigenvalue weighted by atomic mass is 16.4. The fraction of sp³-hybridized carbons (Fsp3) is 0.0833. The van der Waals surface area contributed by atoms with Crippen molar-refractivity contribution in [2.75, 3.05) is 11.1 Å². The fourth-order valence-electron chi connectivity index (χ4n) is 1.55. The van der Waals surface area contributed by atoms with Crippen LogP contribution in [0.2, 0.25) is 0 Å². The molecule has 1 aromatic carbocycles. The van der Waals surface area contributed by atoms with Gasteiger partial charge in [-0.15, -0.1) is 0 Å². The molecule has 0 fully saturated rings. The number of carboxylic acids is 1. The molecule has 1 aromatic heterocycles. The van der Waals surface area contributed by atoms with Crippen molar-refractivity contribution in [2.45, 2.75) is 6.42 Å². The number of hydrogen-bond acceptors (Lipinski definition) is 4. The Morgan fingerprint density at radius 2 is 2.00 bits per heavy atom. The van der Waals surface area contributed by atoms with E-state index in [0.717, 1.165) is 11.8 Å². The molecule has 0 aliphatic heterocycles. The second-order valence-electron chi connectivity index (χ2n) is 3.93. The minimum absolute atomic E-state index is 0.0768. The summed E-state index contributed by atoms with van der Waals surface area (Å²) in [5.74, 6) is -1.42. The fourth-order valence-corrected chi connectivity index (χ4v) is 1.55. The Labute approximate surface area is 108 Å². The van der Waals surface area contributed by atoms with Gasteiger partial charge in [-0.05, 0) is 17.7 Å². The van der Waals surface area contributed by atoms with Crippen molar-refractivity contribution in [1.82, 2.24) is 10.2 Å². The number of nitrogens with one attached hydrogen (secondary N) is 2. The first kappa shape index (κ1) is 12.6. The average Bonchev–Trinajstić information content (AvgIpc) is 2.80. The summed E-state index contributed by atoms with van der Waals surface area (Å²) in [4.78, 5) is 22.6. The molecular weight excluding hydrogens is 248 g/mol. The molecule has 5 N–H and O–H groups in total. The number of aromatic amines is 1. The van der Waals surface area contributed by atoms with Gasteiger partial charge < -0.3 is 16.2 Å². The Morgan fingerprint density at radius 1 is 1.32 bits per heavy atom. The zero-order valence-electron chi connectivity index (χ0n) is 9.88. The minimum atomic E-state index is -1.16. The van der Waals surface area contributed by atoms with Gasteiger partial charge in [-0.25, -0.2) is 4.79 Å². The lowest BCUT2D eigenvalue weighted by atomic mass is 10.1. The lowest BCUT2D eigenvalue weighted by Gasteiger charge is -2.04. The predicted molar refractivity (Wildman–Crippen MR) is 68.7 cm³/mol. The van der Waals surface area contributed by atoms with E-state index in [-0.39, 0.29) is 23.7 Å². The first-order valence-electron chi connectivity index (χ1n) is 5.47. The Balaban J connectivity index is 2.03. The molecule has 0 radical (unpaired) electrons. The second-order valence-corrected chi connectivity index (χ2v) is 3.93.